The predicted octanol–water partition coefficient (Wildman–Crippen LogP) is 5.40. The third kappa shape index (κ3) is 3.77. The third-order valence-electron chi connectivity index (χ3n) is 4.17. The molecule has 4 rings (SSSR count). The fourth-order valence-electron chi connectivity index (χ4n) is 2.93. The predicted molar refractivity (Wildman–Crippen MR) is 115 cm³/mol. The van der Waals surface area contributed by atoms with Crippen molar-refractivity contribution in [1.29, 1.82) is 0 Å². The second-order valence-electron chi connectivity index (χ2n) is 6.07. The lowest BCUT2D eigenvalue weighted by molar-refractivity contribution is 1.05. The molecule has 0 radical (unpaired) electrons. The molecule has 0 saturated heterocycles. The molecule has 2 aromatic carbocycles. The minimum atomic E-state index is 0.502. The Bertz CT molecular complexity index is 1120. The molecular formula is C20H16ClN5S. The number of pyridine rings is 1. The lowest BCUT2D eigenvalue weighted by atomic mass is 10.0. The molecule has 0 spiro atoms. The molecule has 0 aliphatic heterocycles. The van der Waals surface area contributed by atoms with Gasteiger partial charge in [-0.05, 0) is 66.7 Å². The van der Waals surface area contributed by atoms with Crippen LogP contribution >= 0.6 is 23.8 Å². The summed E-state index contributed by atoms with van der Waals surface area (Å²) < 4.78 is 0. The summed E-state index contributed by atoms with van der Waals surface area (Å²) >= 11 is 11.4. The average Bonchev–Trinajstić information content (AvgIpc) is 3.04. The van der Waals surface area contributed by atoms with E-state index in [0.29, 0.717) is 10.1 Å². The van der Waals surface area contributed by atoms with Crippen molar-refractivity contribution in [3.63, 3.8) is 0 Å². The first-order valence-corrected chi connectivity index (χ1v) is 9.12. The number of aromatic nitrogens is 3. The number of thiocarbonyl (C=S) groups is 1. The quantitative estimate of drug-likeness (QED) is 0.407. The first-order chi connectivity index (χ1) is 13.1. The van der Waals surface area contributed by atoms with Gasteiger partial charge in [-0.15, -0.1) is 0 Å². The highest BCUT2D eigenvalue weighted by atomic mass is 35.5. The smallest absolute Gasteiger partial charge is 0.181 e. The number of nitrogens with zero attached hydrogens (tertiary/aromatic N) is 2. The fourth-order valence-corrected chi connectivity index (χ4v) is 3.36. The number of fused-ring (bicyclic) bond motifs is 1. The summed E-state index contributed by atoms with van der Waals surface area (Å²) in [6.07, 6.45) is 1.77. The minimum Gasteiger partial charge on any atom is -0.332 e. The normalized spacial score (nSPS) is 10.7. The first kappa shape index (κ1) is 17.5. The van der Waals surface area contributed by atoms with Crippen molar-refractivity contribution in [1.82, 2.24) is 15.2 Å². The highest BCUT2D eigenvalue weighted by molar-refractivity contribution is 7.80. The number of nitrogens with one attached hydrogen (secondary N) is 3. The summed E-state index contributed by atoms with van der Waals surface area (Å²) in [5, 5.41) is 15.7. The van der Waals surface area contributed by atoms with E-state index in [4.69, 9.17) is 23.8 Å². The number of rotatable bonds is 3. The Hall–Kier alpha value is -2.96. The zero-order chi connectivity index (χ0) is 18.8. The summed E-state index contributed by atoms with van der Waals surface area (Å²) in [7, 11) is 0. The van der Waals surface area contributed by atoms with E-state index in [-0.39, 0.29) is 0 Å². The van der Waals surface area contributed by atoms with E-state index in [1.165, 1.54) is 0 Å². The summed E-state index contributed by atoms with van der Waals surface area (Å²) in [5.74, 6) is 0. The van der Waals surface area contributed by atoms with Crippen LogP contribution in [-0.4, -0.2) is 20.3 Å². The standard InChI is InChI=1S/C20H16ClN5S/c1-12-18-17(9-10-22-19(18)26-25-12)13-5-7-15(8-6-13)23-20(27)24-16-4-2-3-14(21)11-16/h2-11H,1H3,(H,22,25,26)(H2,23,24,27). The van der Waals surface area contributed by atoms with E-state index >= 15 is 0 Å². The van der Waals surface area contributed by atoms with E-state index in [1.54, 1.807) is 6.20 Å². The number of halogens is 1. The molecule has 0 atom stereocenters. The Morgan fingerprint density at radius 3 is 2.59 bits per heavy atom. The second kappa shape index (κ2) is 7.34. The molecule has 7 heteroatoms. The Morgan fingerprint density at radius 2 is 1.81 bits per heavy atom. The van der Waals surface area contributed by atoms with Crippen LogP contribution in [-0.2, 0) is 0 Å². The van der Waals surface area contributed by atoms with Crippen LogP contribution in [0.2, 0.25) is 5.02 Å². The number of aryl methyl sites for hydroxylation is 1. The van der Waals surface area contributed by atoms with Gasteiger partial charge in [0.25, 0.3) is 0 Å². The summed E-state index contributed by atoms with van der Waals surface area (Å²) in [6.45, 7) is 2.00. The molecule has 0 amide bonds. The van der Waals surface area contributed by atoms with Crippen LogP contribution in [0.1, 0.15) is 5.69 Å². The van der Waals surface area contributed by atoms with Gasteiger partial charge in [0.2, 0.25) is 0 Å². The van der Waals surface area contributed by atoms with E-state index < -0.39 is 0 Å². The molecule has 2 heterocycles. The molecule has 2 aromatic heterocycles. The maximum atomic E-state index is 5.99. The molecule has 0 fully saturated rings. The maximum absolute atomic E-state index is 5.99. The topological polar surface area (TPSA) is 65.6 Å². The molecule has 4 aromatic rings. The van der Waals surface area contributed by atoms with Crippen LogP contribution in [0.15, 0.2) is 60.8 Å². The number of H-pyrrole nitrogens is 1. The van der Waals surface area contributed by atoms with Crippen LogP contribution < -0.4 is 10.6 Å². The van der Waals surface area contributed by atoms with Crippen molar-refractivity contribution in [2.24, 2.45) is 0 Å². The Morgan fingerprint density at radius 1 is 1.04 bits per heavy atom. The molecule has 0 saturated carbocycles. The maximum Gasteiger partial charge on any atom is 0.181 e. The lowest BCUT2D eigenvalue weighted by Gasteiger charge is -2.11. The van der Waals surface area contributed by atoms with Crippen molar-refractivity contribution in [2.75, 3.05) is 10.6 Å². The van der Waals surface area contributed by atoms with Gasteiger partial charge in [0, 0.05) is 33.7 Å². The Balaban J connectivity index is 1.52. The molecule has 0 bridgehead atoms. The molecule has 0 aliphatic rings. The zero-order valence-corrected chi connectivity index (χ0v) is 16.0. The SMILES string of the molecule is Cc1[nH]nc2nccc(-c3ccc(NC(=S)Nc4cccc(Cl)c4)cc3)c12. The largest absolute Gasteiger partial charge is 0.332 e. The molecule has 0 unspecified atom stereocenters. The van der Waals surface area contributed by atoms with Gasteiger partial charge in [-0.25, -0.2) is 4.98 Å². The summed E-state index contributed by atoms with van der Waals surface area (Å²) in [4.78, 5) is 4.30. The fraction of sp³-hybridized carbons (Fsp3) is 0.0500. The van der Waals surface area contributed by atoms with Crippen LogP contribution in [0, 0.1) is 6.92 Å². The number of hydrogen-bond donors (Lipinski definition) is 3. The highest BCUT2D eigenvalue weighted by Crippen LogP contribution is 2.29. The van der Waals surface area contributed by atoms with E-state index in [0.717, 1.165) is 39.2 Å². The van der Waals surface area contributed by atoms with E-state index in [9.17, 15) is 0 Å². The Kier molecular flexibility index (Phi) is 4.75. The molecule has 3 N–H and O–H groups in total. The Labute approximate surface area is 166 Å². The first-order valence-electron chi connectivity index (χ1n) is 8.34. The van der Waals surface area contributed by atoms with Crippen molar-refractivity contribution in [3.8, 4) is 11.1 Å². The molecule has 134 valence electrons. The second-order valence-corrected chi connectivity index (χ2v) is 6.92. The van der Waals surface area contributed by atoms with Crippen molar-refractivity contribution in [3.05, 3.63) is 71.5 Å². The number of hydrogen-bond acceptors (Lipinski definition) is 3. The van der Waals surface area contributed by atoms with Crippen molar-refractivity contribution >= 4 is 51.3 Å². The van der Waals surface area contributed by atoms with Gasteiger partial charge in [-0.1, -0.05) is 29.8 Å². The van der Waals surface area contributed by atoms with Gasteiger partial charge in [-0.2, -0.15) is 5.10 Å². The average molecular weight is 394 g/mol. The minimum absolute atomic E-state index is 0.502. The van der Waals surface area contributed by atoms with Crippen LogP contribution in [0.3, 0.4) is 0 Å². The van der Waals surface area contributed by atoms with Crippen molar-refractivity contribution < 1.29 is 0 Å². The number of anilines is 2. The van der Waals surface area contributed by atoms with Crippen LogP contribution in [0.4, 0.5) is 11.4 Å². The van der Waals surface area contributed by atoms with Gasteiger partial charge in [0.1, 0.15) is 0 Å². The van der Waals surface area contributed by atoms with E-state index in [1.807, 2.05) is 61.5 Å². The molecule has 5 nitrogen and oxygen atoms in total. The zero-order valence-electron chi connectivity index (χ0n) is 14.5. The summed E-state index contributed by atoms with van der Waals surface area (Å²) in [5.41, 5.74) is 5.64. The highest BCUT2D eigenvalue weighted by Gasteiger charge is 2.10. The lowest BCUT2D eigenvalue weighted by Crippen LogP contribution is -2.18. The van der Waals surface area contributed by atoms with Gasteiger partial charge in [0.15, 0.2) is 10.8 Å². The van der Waals surface area contributed by atoms with Crippen molar-refractivity contribution in [2.45, 2.75) is 6.92 Å². The number of benzene rings is 2. The molecule has 27 heavy (non-hydrogen) atoms. The van der Waals surface area contributed by atoms with E-state index in [2.05, 4.69) is 25.8 Å². The van der Waals surface area contributed by atoms with Gasteiger partial charge in [0.05, 0.1) is 0 Å². The van der Waals surface area contributed by atoms with Gasteiger partial charge in [-0.3, -0.25) is 5.10 Å². The molecular weight excluding hydrogens is 378 g/mol. The summed E-state index contributed by atoms with van der Waals surface area (Å²) in [6, 6.07) is 17.5. The molecule has 0 aliphatic carbocycles. The number of aromatic amines is 1. The van der Waals surface area contributed by atoms with Gasteiger partial charge < -0.3 is 10.6 Å². The van der Waals surface area contributed by atoms with Gasteiger partial charge >= 0.3 is 0 Å². The monoisotopic (exact) mass is 393 g/mol. The van der Waals surface area contributed by atoms with Crippen LogP contribution in [0.5, 0.6) is 0 Å². The third-order valence-corrected chi connectivity index (χ3v) is 4.61. The van der Waals surface area contributed by atoms with Crippen LogP contribution in [0.25, 0.3) is 22.2 Å².